The minimum atomic E-state index is -0.412. The van der Waals surface area contributed by atoms with E-state index >= 15 is 0 Å². The first-order chi connectivity index (χ1) is 13.1. The highest BCUT2D eigenvalue weighted by atomic mass is 79.9. The van der Waals surface area contributed by atoms with Crippen LogP contribution in [0.4, 0.5) is 5.69 Å². The molecule has 0 aliphatic carbocycles. The fourth-order valence-electron chi connectivity index (χ4n) is 3.00. The van der Waals surface area contributed by atoms with Crippen LogP contribution in [0.1, 0.15) is 12.8 Å². The second-order valence-electron chi connectivity index (χ2n) is 6.21. The summed E-state index contributed by atoms with van der Waals surface area (Å²) in [7, 11) is 1.60. The molecule has 2 aromatic carbocycles. The van der Waals surface area contributed by atoms with E-state index in [-0.39, 0.29) is 11.8 Å². The van der Waals surface area contributed by atoms with Gasteiger partial charge in [-0.2, -0.15) is 0 Å². The number of nitrogens with one attached hydrogen (secondary N) is 1. The second-order valence-corrected chi connectivity index (χ2v) is 8.17. The summed E-state index contributed by atoms with van der Waals surface area (Å²) in [6, 6.07) is 14.6. The molecule has 0 radical (unpaired) electrons. The highest BCUT2D eigenvalue weighted by Gasteiger charge is 2.33. The van der Waals surface area contributed by atoms with Crippen LogP contribution in [0.5, 0.6) is 5.75 Å². The van der Waals surface area contributed by atoms with Gasteiger partial charge in [-0.1, -0.05) is 15.9 Å². The number of amides is 2. The first-order valence-electron chi connectivity index (χ1n) is 8.69. The van der Waals surface area contributed by atoms with Crippen molar-refractivity contribution < 1.29 is 14.3 Å². The number of methoxy groups -OCH3 is 1. The number of nitrogens with zero attached hydrogens (tertiary/aromatic N) is 1. The average Bonchev–Trinajstić information content (AvgIpc) is 3.18. The number of hydrogen-bond donors (Lipinski definition) is 1. The van der Waals surface area contributed by atoms with Crippen molar-refractivity contribution in [3.05, 3.63) is 53.0 Å². The number of anilines is 1. The molecule has 1 aliphatic heterocycles. The van der Waals surface area contributed by atoms with Gasteiger partial charge in [0.15, 0.2) is 0 Å². The standard InChI is InChI=1S/C20H21BrN2O3S/c1-26-16-8-6-15(7-9-16)22-20(25)18-3-2-12-23(18)19(24)13-27-17-10-4-14(21)5-11-17/h4-11,18H,2-3,12-13H2,1H3,(H,22,25). The fourth-order valence-corrected chi connectivity index (χ4v) is 4.05. The van der Waals surface area contributed by atoms with Crippen LogP contribution in [0, 0.1) is 0 Å². The molecule has 0 saturated carbocycles. The molecule has 1 aliphatic rings. The van der Waals surface area contributed by atoms with Crippen molar-refractivity contribution >= 4 is 45.2 Å². The quantitative estimate of drug-likeness (QED) is 0.673. The van der Waals surface area contributed by atoms with Gasteiger partial charge in [0, 0.05) is 21.6 Å². The normalized spacial score (nSPS) is 16.2. The van der Waals surface area contributed by atoms with Gasteiger partial charge in [0.05, 0.1) is 12.9 Å². The number of ether oxygens (including phenoxy) is 1. The largest absolute Gasteiger partial charge is 0.497 e. The molecule has 1 fully saturated rings. The summed E-state index contributed by atoms with van der Waals surface area (Å²) >= 11 is 4.89. The van der Waals surface area contributed by atoms with E-state index < -0.39 is 6.04 Å². The Balaban J connectivity index is 1.57. The topological polar surface area (TPSA) is 58.6 Å². The SMILES string of the molecule is COc1ccc(NC(=O)C2CCCN2C(=O)CSc2ccc(Br)cc2)cc1. The maximum absolute atomic E-state index is 12.6. The van der Waals surface area contributed by atoms with Crippen LogP contribution >= 0.6 is 27.7 Å². The van der Waals surface area contributed by atoms with Crippen LogP contribution in [0.15, 0.2) is 57.9 Å². The molecule has 5 nitrogen and oxygen atoms in total. The Kier molecular flexibility index (Phi) is 6.79. The van der Waals surface area contributed by atoms with Crippen molar-refractivity contribution in [2.45, 2.75) is 23.8 Å². The van der Waals surface area contributed by atoms with E-state index in [4.69, 9.17) is 4.74 Å². The molecule has 0 bridgehead atoms. The molecule has 2 amide bonds. The Morgan fingerprint density at radius 3 is 2.56 bits per heavy atom. The van der Waals surface area contributed by atoms with E-state index in [0.29, 0.717) is 24.4 Å². The minimum Gasteiger partial charge on any atom is -0.497 e. The number of carbonyl (C=O) groups excluding carboxylic acids is 2. The van der Waals surface area contributed by atoms with Crippen LogP contribution in [0.3, 0.4) is 0 Å². The predicted octanol–water partition coefficient (Wildman–Crippen LogP) is 4.18. The number of carbonyl (C=O) groups is 2. The van der Waals surface area contributed by atoms with Gasteiger partial charge in [0.1, 0.15) is 11.8 Å². The summed E-state index contributed by atoms with van der Waals surface area (Å²) in [5.74, 6) is 0.916. The molecule has 1 atom stereocenters. The second kappa shape index (κ2) is 9.28. The zero-order chi connectivity index (χ0) is 19.2. The van der Waals surface area contributed by atoms with Crippen molar-refractivity contribution in [1.29, 1.82) is 0 Å². The van der Waals surface area contributed by atoms with E-state index in [0.717, 1.165) is 21.5 Å². The van der Waals surface area contributed by atoms with Crippen molar-refractivity contribution in [3.63, 3.8) is 0 Å². The summed E-state index contributed by atoms with van der Waals surface area (Å²) in [6.45, 7) is 0.625. The molecular weight excluding hydrogens is 428 g/mol. The Hall–Kier alpha value is -1.99. The van der Waals surface area contributed by atoms with Gasteiger partial charge in [-0.25, -0.2) is 0 Å². The van der Waals surface area contributed by atoms with Crippen LogP contribution in [-0.2, 0) is 9.59 Å². The molecule has 7 heteroatoms. The summed E-state index contributed by atoms with van der Waals surface area (Å²) in [5.41, 5.74) is 0.698. The third-order valence-electron chi connectivity index (χ3n) is 4.41. The predicted molar refractivity (Wildman–Crippen MR) is 111 cm³/mol. The van der Waals surface area contributed by atoms with Gasteiger partial charge in [-0.05, 0) is 61.4 Å². The Morgan fingerprint density at radius 1 is 1.19 bits per heavy atom. The molecule has 2 aromatic rings. The molecule has 3 rings (SSSR count). The van der Waals surface area contributed by atoms with E-state index in [9.17, 15) is 9.59 Å². The summed E-state index contributed by atoms with van der Waals surface area (Å²) in [5, 5.41) is 2.90. The van der Waals surface area contributed by atoms with E-state index in [2.05, 4.69) is 21.2 Å². The molecule has 1 saturated heterocycles. The molecule has 0 spiro atoms. The Labute approximate surface area is 171 Å². The van der Waals surface area contributed by atoms with Gasteiger partial charge in [0.25, 0.3) is 0 Å². The molecule has 1 heterocycles. The lowest BCUT2D eigenvalue weighted by Crippen LogP contribution is -2.43. The maximum atomic E-state index is 12.6. The zero-order valence-electron chi connectivity index (χ0n) is 15.0. The van der Waals surface area contributed by atoms with Gasteiger partial charge in [-0.3, -0.25) is 9.59 Å². The summed E-state index contributed by atoms with van der Waals surface area (Å²) in [6.07, 6.45) is 1.53. The fraction of sp³-hybridized carbons (Fsp3) is 0.300. The van der Waals surface area contributed by atoms with Crippen LogP contribution in [0.2, 0.25) is 0 Å². The third kappa shape index (κ3) is 5.26. The maximum Gasteiger partial charge on any atom is 0.247 e. The lowest BCUT2D eigenvalue weighted by atomic mass is 10.2. The minimum absolute atomic E-state index is 0.00435. The smallest absolute Gasteiger partial charge is 0.247 e. The molecule has 1 unspecified atom stereocenters. The van der Waals surface area contributed by atoms with Gasteiger partial charge >= 0.3 is 0 Å². The van der Waals surface area contributed by atoms with Crippen molar-refractivity contribution in [2.24, 2.45) is 0 Å². The van der Waals surface area contributed by atoms with E-state index in [1.165, 1.54) is 11.8 Å². The lowest BCUT2D eigenvalue weighted by Gasteiger charge is -2.24. The first-order valence-corrected chi connectivity index (χ1v) is 10.5. The van der Waals surface area contributed by atoms with Gasteiger partial charge < -0.3 is 15.0 Å². The number of thioether (sulfide) groups is 1. The monoisotopic (exact) mass is 448 g/mol. The first kappa shape index (κ1) is 19.8. The number of halogens is 1. The molecule has 27 heavy (non-hydrogen) atoms. The Bertz CT molecular complexity index is 796. The molecular formula is C20H21BrN2O3S. The molecule has 0 aromatic heterocycles. The van der Waals surface area contributed by atoms with E-state index in [1.54, 1.807) is 36.3 Å². The number of benzene rings is 2. The average molecular weight is 449 g/mol. The van der Waals surface area contributed by atoms with Crippen LogP contribution < -0.4 is 10.1 Å². The molecule has 1 N–H and O–H groups in total. The highest BCUT2D eigenvalue weighted by Crippen LogP contribution is 2.24. The van der Waals surface area contributed by atoms with Gasteiger partial charge in [-0.15, -0.1) is 11.8 Å². The number of likely N-dealkylation sites (tertiary alicyclic amines) is 1. The van der Waals surface area contributed by atoms with Gasteiger partial charge in [0.2, 0.25) is 11.8 Å². The lowest BCUT2D eigenvalue weighted by molar-refractivity contribution is -0.134. The van der Waals surface area contributed by atoms with E-state index in [1.807, 2.05) is 24.3 Å². The van der Waals surface area contributed by atoms with Crippen molar-refractivity contribution in [3.8, 4) is 5.75 Å². The number of hydrogen-bond acceptors (Lipinski definition) is 4. The Morgan fingerprint density at radius 2 is 1.89 bits per heavy atom. The van der Waals surface area contributed by atoms with Crippen LogP contribution in [-0.4, -0.2) is 42.2 Å². The highest BCUT2D eigenvalue weighted by molar-refractivity contribution is 9.10. The number of rotatable bonds is 6. The van der Waals surface area contributed by atoms with Crippen molar-refractivity contribution in [2.75, 3.05) is 24.7 Å². The summed E-state index contributed by atoms with van der Waals surface area (Å²) in [4.78, 5) is 28.0. The molecule has 142 valence electrons. The summed E-state index contributed by atoms with van der Waals surface area (Å²) < 4.78 is 6.13. The van der Waals surface area contributed by atoms with Crippen molar-refractivity contribution in [1.82, 2.24) is 4.90 Å². The third-order valence-corrected chi connectivity index (χ3v) is 5.93. The zero-order valence-corrected chi connectivity index (χ0v) is 17.4. The van der Waals surface area contributed by atoms with Crippen LogP contribution in [0.25, 0.3) is 0 Å².